The number of halogens is 1. The molecule has 0 bridgehead atoms. The van der Waals surface area contributed by atoms with Gasteiger partial charge in [-0.15, -0.1) is 12.4 Å². The molecule has 1 amide bonds. The van der Waals surface area contributed by atoms with E-state index in [1.165, 1.54) is 0 Å². The third kappa shape index (κ3) is 3.22. The minimum Gasteiger partial charge on any atom is -0.451 e. The van der Waals surface area contributed by atoms with Gasteiger partial charge in [0.25, 0.3) is 5.91 Å². The highest BCUT2D eigenvalue weighted by atomic mass is 35.5. The van der Waals surface area contributed by atoms with Crippen LogP contribution in [0.4, 0.5) is 0 Å². The molecule has 1 atom stereocenters. The molecule has 2 saturated heterocycles. The lowest BCUT2D eigenvalue weighted by Gasteiger charge is -2.32. The van der Waals surface area contributed by atoms with Gasteiger partial charge in [0.2, 0.25) is 0 Å². The van der Waals surface area contributed by atoms with E-state index in [1.807, 2.05) is 35.2 Å². The number of nitrogens with one attached hydrogen (secondary N) is 1. The lowest BCUT2D eigenvalue weighted by molar-refractivity contribution is 0.0744. The first-order chi connectivity index (χ1) is 10.8. The summed E-state index contributed by atoms with van der Waals surface area (Å²) in [6, 6.07) is 10.1. The van der Waals surface area contributed by atoms with Crippen LogP contribution < -0.4 is 5.32 Å². The van der Waals surface area contributed by atoms with E-state index in [4.69, 9.17) is 4.42 Å². The van der Waals surface area contributed by atoms with E-state index in [9.17, 15) is 4.79 Å². The molecule has 0 aliphatic carbocycles. The molecule has 3 heterocycles. The van der Waals surface area contributed by atoms with Crippen LogP contribution in [0.5, 0.6) is 0 Å². The molecule has 6 heteroatoms. The van der Waals surface area contributed by atoms with E-state index < -0.39 is 0 Å². The van der Waals surface area contributed by atoms with Crippen molar-refractivity contribution in [3.8, 4) is 0 Å². The Labute approximate surface area is 142 Å². The fourth-order valence-electron chi connectivity index (χ4n) is 3.51. The summed E-state index contributed by atoms with van der Waals surface area (Å²) in [4.78, 5) is 17.1. The molecule has 1 aromatic carbocycles. The first kappa shape index (κ1) is 16.3. The fraction of sp³-hybridized carbons (Fsp3) is 0.471. The number of carbonyl (C=O) groups is 1. The average molecular weight is 336 g/mol. The topological polar surface area (TPSA) is 48.7 Å². The molecule has 0 spiro atoms. The van der Waals surface area contributed by atoms with Gasteiger partial charge in [0.15, 0.2) is 5.76 Å². The van der Waals surface area contributed by atoms with Crippen LogP contribution in [0.3, 0.4) is 0 Å². The molecule has 124 valence electrons. The number of para-hydroxylation sites is 1. The van der Waals surface area contributed by atoms with Gasteiger partial charge in [0.05, 0.1) is 0 Å². The molecule has 23 heavy (non-hydrogen) atoms. The Hall–Kier alpha value is -1.56. The number of hydrogen-bond acceptors (Lipinski definition) is 4. The third-order valence-electron chi connectivity index (χ3n) is 4.75. The number of hydrogen-bond donors (Lipinski definition) is 1. The van der Waals surface area contributed by atoms with Crippen LogP contribution in [0, 0.1) is 0 Å². The molecule has 2 aromatic rings. The lowest BCUT2D eigenvalue weighted by atomic mass is 10.2. The Morgan fingerprint density at radius 1 is 1.17 bits per heavy atom. The molecule has 1 unspecified atom stereocenters. The first-order valence-corrected chi connectivity index (χ1v) is 8.04. The summed E-state index contributed by atoms with van der Waals surface area (Å²) in [6.07, 6.45) is 1.06. The number of furan rings is 1. The van der Waals surface area contributed by atoms with Crippen molar-refractivity contribution in [3.05, 3.63) is 36.1 Å². The van der Waals surface area contributed by atoms with Crippen LogP contribution in [0.2, 0.25) is 0 Å². The Morgan fingerprint density at radius 3 is 2.74 bits per heavy atom. The van der Waals surface area contributed by atoms with Crippen molar-refractivity contribution in [2.75, 3.05) is 39.3 Å². The van der Waals surface area contributed by atoms with Crippen molar-refractivity contribution < 1.29 is 9.21 Å². The Bertz CT molecular complexity index is 648. The minimum absolute atomic E-state index is 0. The molecular weight excluding hydrogens is 314 g/mol. The molecule has 2 aliphatic heterocycles. The number of nitrogens with zero attached hydrogens (tertiary/aromatic N) is 2. The molecule has 4 rings (SSSR count). The summed E-state index contributed by atoms with van der Waals surface area (Å²) < 4.78 is 5.71. The number of fused-ring (bicyclic) bond motifs is 1. The van der Waals surface area contributed by atoms with Crippen molar-refractivity contribution in [1.82, 2.24) is 15.1 Å². The summed E-state index contributed by atoms with van der Waals surface area (Å²) >= 11 is 0. The SMILES string of the molecule is Cl.O=C(c1cc2ccccc2o1)N1CCC(N2CCNCC2)C1. The van der Waals surface area contributed by atoms with Crippen molar-refractivity contribution in [1.29, 1.82) is 0 Å². The maximum atomic E-state index is 12.6. The highest BCUT2D eigenvalue weighted by Crippen LogP contribution is 2.23. The van der Waals surface area contributed by atoms with Crippen LogP contribution in [0.25, 0.3) is 11.0 Å². The Balaban J connectivity index is 0.00000156. The highest BCUT2D eigenvalue weighted by molar-refractivity contribution is 5.96. The third-order valence-corrected chi connectivity index (χ3v) is 4.75. The molecule has 1 aromatic heterocycles. The standard InChI is InChI=1S/C17H21N3O2.ClH/c21-17(16-11-13-3-1-2-4-15(13)22-16)20-8-5-14(12-20)19-9-6-18-7-10-19;/h1-4,11,14,18H,5-10,12H2;1H. The molecule has 2 fully saturated rings. The van der Waals surface area contributed by atoms with Gasteiger partial charge in [-0.25, -0.2) is 0 Å². The monoisotopic (exact) mass is 335 g/mol. The number of likely N-dealkylation sites (tertiary alicyclic amines) is 1. The number of piperazine rings is 1. The molecule has 0 saturated carbocycles. The number of carbonyl (C=O) groups excluding carboxylic acids is 1. The second-order valence-electron chi connectivity index (χ2n) is 6.13. The predicted octanol–water partition coefficient (Wildman–Crippen LogP) is 1.97. The van der Waals surface area contributed by atoms with E-state index in [0.717, 1.165) is 56.7 Å². The fourth-order valence-corrected chi connectivity index (χ4v) is 3.51. The van der Waals surface area contributed by atoms with Crippen LogP contribution in [-0.2, 0) is 0 Å². The molecule has 5 nitrogen and oxygen atoms in total. The van der Waals surface area contributed by atoms with Gasteiger partial charge < -0.3 is 14.6 Å². The first-order valence-electron chi connectivity index (χ1n) is 8.04. The zero-order valence-electron chi connectivity index (χ0n) is 13.0. The predicted molar refractivity (Wildman–Crippen MR) is 92.2 cm³/mol. The summed E-state index contributed by atoms with van der Waals surface area (Å²) in [5.41, 5.74) is 0.781. The van der Waals surface area contributed by atoms with Gasteiger partial charge in [-0.2, -0.15) is 0 Å². The number of benzene rings is 1. The van der Waals surface area contributed by atoms with Gasteiger partial charge in [-0.3, -0.25) is 9.69 Å². The average Bonchev–Trinajstić information content (AvgIpc) is 3.22. The van der Waals surface area contributed by atoms with E-state index in [2.05, 4.69) is 10.2 Å². The maximum Gasteiger partial charge on any atom is 0.289 e. The minimum atomic E-state index is 0. The van der Waals surface area contributed by atoms with E-state index >= 15 is 0 Å². The zero-order valence-corrected chi connectivity index (χ0v) is 13.8. The normalized spacial score (nSPS) is 22.3. The lowest BCUT2D eigenvalue weighted by Crippen LogP contribution is -2.49. The quantitative estimate of drug-likeness (QED) is 0.911. The van der Waals surface area contributed by atoms with E-state index in [-0.39, 0.29) is 18.3 Å². The maximum absolute atomic E-state index is 12.6. The van der Waals surface area contributed by atoms with Crippen molar-refractivity contribution >= 4 is 29.3 Å². The second-order valence-corrected chi connectivity index (χ2v) is 6.13. The largest absolute Gasteiger partial charge is 0.451 e. The van der Waals surface area contributed by atoms with Crippen LogP contribution in [0.15, 0.2) is 34.7 Å². The second kappa shape index (κ2) is 6.91. The summed E-state index contributed by atoms with van der Waals surface area (Å²) in [5.74, 6) is 0.482. The van der Waals surface area contributed by atoms with Gasteiger partial charge in [0.1, 0.15) is 5.58 Å². The van der Waals surface area contributed by atoms with Crippen molar-refractivity contribution in [2.24, 2.45) is 0 Å². The number of rotatable bonds is 2. The molecule has 2 aliphatic rings. The molecular formula is C17H22ClN3O2. The van der Waals surface area contributed by atoms with Crippen LogP contribution in [-0.4, -0.2) is 61.0 Å². The van der Waals surface area contributed by atoms with Gasteiger partial charge >= 0.3 is 0 Å². The van der Waals surface area contributed by atoms with Gasteiger partial charge in [0, 0.05) is 50.7 Å². The van der Waals surface area contributed by atoms with Crippen LogP contribution >= 0.6 is 12.4 Å². The molecule has 1 N–H and O–H groups in total. The zero-order chi connectivity index (χ0) is 14.9. The van der Waals surface area contributed by atoms with Gasteiger partial charge in [-0.05, 0) is 18.6 Å². The highest BCUT2D eigenvalue weighted by Gasteiger charge is 2.32. The molecule has 0 radical (unpaired) electrons. The van der Waals surface area contributed by atoms with Gasteiger partial charge in [-0.1, -0.05) is 18.2 Å². The Morgan fingerprint density at radius 2 is 1.96 bits per heavy atom. The van der Waals surface area contributed by atoms with Crippen molar-refractivity contribution in [2.45, 2.75) is 12.5 Å². The van der Waals surface area contributed by atoms with E-state index in [0.29, 0.717) is 11.8 Å². The summed E-state index contributed by atoms with van der Waals surface area (Å²) in [7, 11) is 0. The Kier molecular flexibility index (Phi) is 4.90. The number of amides is 1. The summed E-state index contributed by atoms with van der Waals surface area (Å²) in [6.45, 7) is 5.90. The summed E-state index contributed by atoms with van der Waals surface area (Å²) in [5, 5.41) is 4.37. The smallest absolute Gasteiger partial charge is 0.289 e. The van der Waals surface area contributed by atoms with E-state index in [1.54, 1.807) is 0 Å². The van der Waals surface area contributed by atoms with Crippen molar-refractivity contribution in [3.63, 3.8) is 0 Å². The van der Waals surface area contributed by atoms with Crippen LogP contribution in [0.1, 0.15) is 17.0 Å².